The van der Waals surface area contributed by atoms with E-state index >= 15 is 0 Å². The Hall–Kier alpha value is -3.07. The molecule has 1 saturated heterocycles. The Labute approximate surface area is 173 Å². The zero-order chi connectivity index (χ0) is 21.5. The van der Waals surface area contributed by atoms with Crippen LogP contribution in [-0.2, 0) is 11.3 Å². The van der Waals surface area contributed by atoms with Gasteiger partial charge in [-0.25, -0.2) is 13.2 Å². The Morgan fingerprint density at radius 1 is 1.00 bits per heavy atom. The Bertz CT molecular complexity index is 899. The summed E-state index contributed by atoms with van der Waals surface area (Å²) in [4.78, 5) is 20.7. The van der Waals surface area contributed by atoms with Crippen molar-refractivity contribution >= 4 is 17.6 Å². The van der Waals surface area contributed by atoms with Crippen LogP contribution in [0.5, 0.6) is 0 Å². The molecule has 0 saturated carbocycles. The molecule has 1 aliphatic heterocycles. The third kappa shape index (κ3) is 5.50. The molecule has 9 heteroatoms. The third-order valence-corrected chi connectivity index (χ3v) is 4.85. The fourth-order valence-electron chi connectivity index (χ4n) is 3.27. The van der Waals surface area contributed by atoms with Crippen molar-refractivity contribution in [3.05, 3.63) is 65.5 Å². The second kappa shape index (κ2) is 10.1. The van der Waals surface area contributed by atoms with Gasteiger partial charge in [0.05, 0.1) is 12.2 Å². The smallest absolute Gasteiger partial charge is 0.243 e. The number of piperazine rings is 1. The number of hydrogen-bond donors (Lipinski definition) is 2. The van der Waals surface area contributed by atoms with Crippen molar-refractivity contribution in [2.24, 2.45) is 4.99 Å². The lowest BCUT2D eigenvalue weighted by atomic mass is 10.2. The molecular weight excluding hydrogens is 395 g/mol. The molecule has 1 fully saturated rings. The molecule has 30 heavy (non-hydrogen) atoms. The molecule has 0 unspecified atom stereocenters. The summed E-state index contributed by atoms with van der Waals surface area (Å²) in [5.41, 5.74) is 0.847. The minimum atomic E-state index is -1.62. The molecule has 6 nitrogen and oxygen atoms in total. The fraction of sp³-hybridized carbons (Fsp3) is 0.333. The van der Waals surface area contributed by atoms with Crippen molar-refractivity contribution in [2.45, 2.75) is 6.54 Å². The number of rotatable bonds is 5. The predicted molar refractivity (Wildman–Crippen MR) is 110 cm³/mol. The molecule has 0 radical (unpaired) electrons. The summed E-state index contributed by atoms with van der Waals surface area (Å²) in [5.74, 6) is -4.40. The van der Waals surface area contributed by atoms with Crippen LogP contribution in [0.15, 0.2) is 47.5 Å². The van der Waals surface area contributed by atoms with E-state index in [1.807, 2.05) is 23.1 Å². The summed E-state index contributed by atoms with van der Waals surface area (Å²) < 4.78 is 39.9. The quantitative estimate of drug-likeness (QED) is 0.444. The Kier molecular flexibility index (Phi) is 7.29. The summed E-state index contributed by atoms with van der Waals surface area (Å²) in [6.07, 6.45) is 0. The maximum Gasteiger partial charge on any atom is 0.243 e. The second-order valence-electron chi connectivity index (χ2n) is 6.92. The van der Waals surface area contributed by atoms with Crippen molar-refractivity contribution in [1.82, 2.24) is 15.1 Å². The van der Waals surface area contributed by atoms with Crippen LogP contribution < -0.4 is 10.6 Å². The Morgan fingerprint density at radius 3 is 2.37 bits per heavy atom. The minimum Gasteiger partial charge on any atom is -0.347 e. The number of carbonyl (C=O) groups excluding carboxylic acids is 1. The lowest BCUT2D eigenvalue weighted by Crippen LogP contribution is -2.53. The minimum absolute atomic E-state index is 0.185. The van der Waals surface area contributed by atoms with E-state index in [0.717, 1.165) is 44.9 Å². The topological polar surface area (TPSA) is 60.0 Å². The third-order valence-electron chi connectivity index (χ3n) is 4.85. The first-order chi connectivity index (χ1) is 14.5. The molecule has 0 atom stereocenters. The summed E-state index contributed by atoms with van der Waals surface area (Å²) in [5, 5.41) is 5.15. The standard InChI is InChI=1S/C21H24F3N5O/c1-25-21(26-13-18(30)27-17-8-7-16(22)19(23)20(17)24)29-11-9-28(10-12-29)14-15-5-3-2-4-6-15/h2-8H,9-14H2,1H3,(H,25,26)(H,27,30). The van der Waals surface area contributed by atoms with E-state index < -0.39 is 29.0 Å². The van der Waals surface area contributed by atoms with Crippen LogP contribution in [0, 0.1) is 17.5 Å². The Balaban J connectivity index is 1.47. The maximum atomic E-state index is 13.7. The molecular formula is C21H24F3N5O. The molecule has 2 aromatic rings. The molecule has 0 bridgehead atoms. The van der Waals surface area contributed by atoms with Gasteiger partial charge in [0.2, 0.25) is 5.91 Å². The first kappa shape index (κ1) is 21.6. The molecule has 1 amide bonds. The molecule has 160 valence electrons. The molecule has 0 aliphatic carbocycles. The van der Waals surface area contributed by atoms with Gasteiger partial charge in [-0.1, -0.05) is 30.3 Å². The summed E-state index contributed by atoms with van der Waals surface area (Å²) in [7, 11) is 1.62. The van der Waals surface area contributed by atoms with Crippen molar-refractivity contribution in [1.29, 1.82) is 0 Å². The zero-order valence-electron chi connectivity index (χ0n) is 16.7. The van der Waals surface area contributed by atoms with Crippen LogP contribution >= 0.6 is 0 Å². The number of hydrogen-bond acceptors (Lipinski definition) is 3. The van der Waals surface area contributed by atoms with E-state index in [1.54, 1.807) is 7.05 Å². The number of nitrogens with one attached hydrogen (secondary N) is 2. The van der Waals surface area contributed by atoms with E-state index in [0.29, 0.717) is 5.96 Å². The average molecular weight is 419 g/mol. The van der Waals surface area contributed by atoms with Crippen LogP contribution in [0.3, 0.4) is 0 Å². The van der Waals surface area contributed by atoms with Gasteiger partial charge in [0, 0.05) is 39.8 Å². The monoisotopic (exact) mass is 419 g/mol. The number of aliphatic imine (C=N–C) groups is 1. The maximum absolute atomic E-state index is 13.7. The number of anilines is 1. The predicted octanol–water partition coefficient (Wildman–Crippen LogP) is 2.44. The van der Waals surface area contributed by atoms with Gasteiger partial charge in [0.25, 0.3) is 0 Å². The zero-order valence-corrected chi connectivity index (χ0v) is 16.7. The number of amides is 1. The second-order valence-corrected chi connectivity index (χ2v) is 6.92. The Morgan fingerprint density at radius 2 is 1.70 bits per heavy atom. The lowest BCUT2D eigenvalue weighted by Gasteiger charge is -2.36. The highest BCUT2D eigenvalue weighted by molar-refractivity contribution is 5.95. The van der Waals surface area contributed by atoms with Crippen LogP contribution in [0.4, 0.5) is 18.9 Å². The van der Waals surface area contributed by atoms with E-state index in [-0.39, 0.29) is 6.54 Å². The van der Waals surface area contributed by atoms with Crippen LogP contribution in [0.1, 0.15) is 5.56 Å². The van der Waals surface area contributed by atoms with E-state index in [4.69, 9.17) is 0 Å². The van der Waals surface area contributed by atoms with Crippen molar-refractivity contribution in [3.63, 3.8) is 0 Å². The lowest BCUT2D eigenvalue weighted by molar-refractivity contribution is -0.115. The van der Waals surface area contributed by atoms with Gasteiger partial charge in [-0.15, -0.1) is 0 Å². The van der Waals surface area contributed by atoms with Gasteiger partial charge in [-0.3, -0.25) is 14.7 Å². The molecule has 0 aromatic heterocycles. The number of benzene rings is 2. The van der Waals surface area contributed by atoms with Crippen molar-refractivity contribution in [2.75, 3.05) is 45.1 Å². The first-order valence-corrected chi connectivity index (χ1v) is 9.63. The van der Waals surface area contributed by atoms with Crippen molar-refractivity contribution in [3.8, 4) is 0 Å². The number of halogens is 3. The van der Waals surface area contributed by atoms with Crippen LogP contribution in [-0.4, -0.2) is 61.4 Å². The molecule has 0 spiro atoms. The van der Waals surface area contributed by atoms with Gasteiger partial charge in [0.1, 0.15) is 0 Å². The van der Waals surface area contributed by atoms with Gasteiger partial charge < -0.3 is 15.5 Å². The molecule has 1 aliphatic rings. The largest absolute Gasteiger partial charge is 0.347 e. The molecule has 1 heterocycles. The van der Waals surface area contributed by atoms with Gasteiger partial charge in [-0.2, -0.15) is 0 Å². The normalized spacial score (nSPS) is 15.2. The average Bonchev–Trinajstić information content (AvgIpc) is 2.76. The highest BCUT2D eigenvalue weighted by Crippen LogP contribution is 2.19. The van der Waals surface area contributed by atoms with Crippen LogP contribution in [0.2, 0.25) is 0 Å². The van der Waals surface area contributed by atoms with Crippen molar-refractivity contribution < 1.29 is 18.0 Å². The molecule has 2 N–H and O–H groups in total. The summed E-state index contributed by atoms with van der Waals surface area (Å²) in [6.45, 7) is 3.87. The number of carbonyl (C=O) groups is 1. The SMILES string of the molecule is CN=C(NCC(=O)Nc1ccc(F)c(F)c1F)N1CCN(Cc2ccccc2)CC1. The van der Waals surface area contributed by atoms with E-state index in [1.165, 1.54) is 5.56 Å². The van der Waals surface area contributed by atoms with E-state index in [9.17, 15) is 18.0 Å². The van der Waals surface area contributed by atoms with Gasteiger partial charge >= 0.3 is 0 Å². The fourth-order valence-corrected chi connectivity index (χ4v) is 3.27. The number of nitrogens with zero attached hydrogens (tertiary/aromatic N) is 3. The van der Waals surface area contributed by atoms with E-state index in [2.05, 4.69) is 32.7 Å². The first-order valence-electron chi connectivity index (χ1n) is 9.63. The highest BCUT2D eigenvalue weighted by Gasteiger charge is 2.20. The number of guanidine groups is 1. The summed E-state index contributed by atoms with van der Waals surface area (Å²) >= 11 is 0. The summed E-state index contributed by atoms with van der Waals surface area (Å²) in [6, 6.07) is 12.0. The van der Waals surface area contributed by atoms with Gasteiger partial charge in [-0.05, 0) is 17.7 Å². The van der Waals surface area contributed by atoms with Gasteiger partial charge in [0.15, 0.2) is 23.4 Å². The molecule has 2 aromatic carbocycles. The highest BCUT2D eigenvalue weighted by atomic mass is 19.2. The van der Waals surface area contributed by atoms with Crippen LogP contribution in [0.25, 0.3) is 0 Å². The molecule has 3 rings (SSSR count).